The van der Waals surface area contributed by atoms with Gasteiger partial charge in [0.15, 0.2) is 0 Å². The van der Waals surface area contributed by atoms with E-state index in [0.29, 0.717) is 29.6 Å². The average Bonchev–Trinajstić information content (AvgIpc) is 3.15. The number of carbonyl (C=O) groups is 2. The van der Waals surface area contributed by atoms with Crippen molar-refractivity contribution in [1.82, 2.24) is 20.9 Å². The van der Waals surface area contributed by atoms with Crippen LogP contribution in [-0.4, -0.2) is 59.8 Å². The van der Waals surface area contributed by atoms with Crippen LogP contribution in [0.15, 0.2) is 24.3 Å². The smallest absolute Gasteiger partial charge is 0.268 e. The Labute approximate surface area is 207 Å². The summed E-state index contributed by atoms with van der Waals surface area (Å²) in [7, 11) is 1.51. The molecule has 0 spiro atoms. The van der Waals surface area contributed by atoms with Crippen molar-refractivity contribution >= 4 is 22.7 Å². The van der Waals surface area contributed by atoms with Crippen molar-refractivity contribution in [1.29, 1.82) is 5.26 Å². The minimum absolute atomic E-state index is 0.147. The molecule has 2 fully saturated rings. The highest BCUT2D eigenvalue weighted by molar-refractivity contribution is 6.01. The van der Waals surface area contributed by atoms with E-state index in [-0.39, 0.29) is 30.9 Å². The Kier molecular flexibility index (Phi) is 7.20. The number of methoxy groups -OCH3 is 1. The predicted molar refractivity (Wildman–Crippen MR) is 127 cm³/mol. The number of nitrogens with zero attached hydrogens (tertiary/aromatic N) is 1. The predicted octanol–water partition coefficient (Wildman–Crippen LogP) is 2.43. The maximum Gasteiger partial charge on any atom is 0.268 e. The van der Waals surface area contributed by atoms with Crippen molar-refractivity contribution in [2.24, 2.45) is 11.3 Å². The zero-order valence-electron chi connectivity index (χ0n) is 20.2. The quantitative estimate of drug-likeness (QED) is 0.356. The summed E-state index contributed by atoms with van der Waals surface area (Å²) >= 11 is 0. The Balaban J connectivity index is 1.50. The van der Waals surface area contributed by atoms with Gasteiger partial charge in [0.2, 0.25) is 5.91 Å². The van der Waals surface area contributed by atoms with E-state index in [1.165, 1.54) is 14.0 Å². The summed E-state index contributed by atoms with van der Waals surface area (Å²) in [5, 5.41) is 28.5. The lowest BCUT2D eigenvalue weighted by atomic mass is 9.90. The third-order valence-corrected chi connectivity index (χ3v) is 7.30. The molecule has 2 aliphatic rings. The van der Waals surface area contributed by atoms with Crippen LogP contribution >= 0.6 is 0 Å². The topological polar surface area (TPSA) is 139 Å². The molecule has 1 aromatic carbocycles. The summed E-state index contributed by atoms with van der Waals surface area (Å²) in [5.41, 5.74) is -0.643. The summed E-state index contributed by atoms with van der Waals surface area (Å²) in [5.74, 6) is -3.97. The third-order valence-electron chi connectivity index (χ3n) is 7.30. The molecule has 5 N–H and O–H groups in total. The van der Waals surface area contributed by atoms with Gasteiger partial charge < -0.3 is 25.5 Å². The first kappa shape index (κ1) is 25.9. The van der Waals surface area contributed by atoms with E-state index >= 15 is 0 Å². The molecule has 4 rings (SSSR count). The number of piperidine rings is 1. The number of fused-ring (bicyclic) bond motifs is 1. The molecule has 0 bridgehead atoms. The summed E-state index contributed by atoms with van der Waals surface area (Å²) in [6, 6.07) is 6.62. The number of aliphatic hydroxyl groups is 1. The Morgan fingerprint density at radius 2 is 2.11 bits per heavy atom. The van der Waals surface area contributed by atoms with E-state index in [1.807, 2.05) is 6.07 Å². The largest absolute Gasteiger partial charge is 0.496 e. The van der Waals surface area contributed by atoms with Gasteiger partial charge >= 0.3 is 0 Å². The van der Waals surface area contributed by atoms with E-state index in [1.54, 1.807) is 24.3 Å². The highest BCUT2D eigenvalue weighted by Gasteiger charge is 2.68. The molecular weight excluding hydrogens is 472 g/mol. The van der Waals surface area contributed by atoms with Crippen molar-refractivity contribution in [2.45, 2.75) is 63.3 Å². The number of halogens is 2. The lowest BCUT2D eigenvalue weighted by Crippen LogP contribution is -2.52. The van der Waals surface area contributed by atoms with E-state index in [4.69, 9.17) is 4.74 Å². The average molecular weight is 504 g/mol. The standard InChI is InChI=1S/C25H31F2N5O4/c1-24(13-25(24,26)27)11-19(23(35)30-15(12-28)9-14-5-4-8-29-21(14)33)32-22(34)18-10-16-17(31-18)6-3-7-20(16)36-2/h3,6-7,10,14-15,19,21,29,31,33H,4-5,8-9,11,13H2,1-2H3,(H,30,35)(H,32,34). The number of nitriles is 1. The van der Waals surface area contributed by atoms with Gasteiger partial charge in [-0.15, -0.1) is 0 Å². The van der Waals surface area contributed by atoms with Crippen molar-refractivity contribution in [2.75, 3.05) is 13.7 Å². The molecule has 2 aromatic rings. The molecule has 194 valence electrons. The van der Waals surface area contributed by atoms with Crippen molar-refractivity contribution in [3.63, 3.8) is 0 Å². The zero-order chi connectivity index (χ0) is 26.1. The van der Waals surface area contributed by atoms with Crippen LogP contribution in [0.5, 0.6) is 5.75 Å². The number of aliphatic hydroxyl groups excluding tert-OH is 1. The molecule has 1 saturated heterocycles. The van der Waals surface area contributed by atoms with E-state index in [0.717, 1.165) is 6.42 Å². The number of hydrogen-bond donors (Lipinski definition) is 5. The Hall–Kier alpha value is -3.23. The van der Waals surface area contributed by atoms with Crippen LogP contribution in [0.2, 0.25) is 0 Å². The highest BCUT2D eigenvalue weighted by Crippen LogP contribution is 2.62. The molecule has 2 amide bonds. The number of nitrogens with one attached hydrogen (secondary N) is 4. The second kappa shape index (κ2) is 10.0. The normalized spacial score (nSPS) is 26.4. The number of benzene rings is 1. The van der Waals surface area contributed by atoms with Crippen LogP contribution in [0.3, 0.4) is 0 Å². The van der Waals surface area contributed by atoms with Gasteiger partial charge in [-0.3, -0.25) is 14.9 Å². The third kappa shape index (κ3) is 5.29. The number of ether oxygens (including phenoxy) is 1. The molecule has 2 heterocycles. The van der Waals surface area contributed by atoms with Gasteiger partial charge in [0.25, 0.3) is 11.8 Å². The molecule has 1 aromatic heterocycles. The minimum atomic E-state index is -2.93. The van der Waals surface area contributed by atoms with Crippen molar-refractivity contribution in [3.05, 3.63) is 30.0 Å². The fourth-order valence-corrected chi connectivity index (χ4v) is 4.90. The Bertz CT molecular complexity index is 1180. The van der Waals surface area contributed by atoms with Gasteiger partial charge in [0.1, 0.15) is 29.8 Å². The zero-order valence-corrected chi connectivity index (χ0v) is 20.2. The van der Waals surface area contributed by atoms with Gasteiger partial charge in [-0.1, -0.05) is 13.0 Å². The monoisotopic (exact) mass is 503 g/mol. The highest BCUT2D eigenvalue weighted by atomic mass is 19.3. The second-order valence-electron chi connectivity index (χ2n) is 10.0. The molecule has 11 heteroatoms. The molecular formula is C25H31F2N5O4. The molecule has 0 radical (unpaired) electrons. The van der Waals surface area contributed by atoms with Crippen molar-refractivity contribution < 1.29 is 28.2 Å². The summed E-state index contributed by atoms with van der Waals surface area (Å²) in [6.45, 7) is 2.04. The molecule has 1 saturated carbocycles. The molecule has 1 aliphatic carbocycles. The Morgan fingerprint density at radius 1 is 1.36 bits per heavy atom. The number of amides is 2. The first-order valence-electron chi connectivity index (χ1n) is 12.0. The molecule has 5 atom stereocenters. The number of aromatic nitrogens is 1. The van der Waals surface area contributed by atoms with Gasteiger partial charge in [-0.25, -0.2) is 8.78 Å². The summed E-state index contributed by atoms with van der Waals surface area (Å²) < 4.78 is 33.3. The van der Waals surface area contributed by atoms with Crippen LogP contribution in [0, 0.1) is 22.7 Å². The van der Waals surface area contributed by atoms with Crippen molar-refractivity contribution in [3.8, 4) is 11.8 Å². The summed E-state index contributed by atoms with van der Waals surface area (Å²) in [4.78, 5) is 29.2. The maximum absolute atomic E-state index is 14.0. The SMILES string of the molecule is COc1cccc2[nH]c(C(=O)NC(CC3(C)CC3(F)F)C(=O)NC(C#N)CC3CCCNC3O)cc12. The fourth-order valence-electron chi connectivity index (χ4n) is 4.90. The second-order valence-corrected chi connectivity index (χ2v) is 10.0. The number of carbonyl (C=O) groups excluding carboxylic acids is 2. The van der Waals surface area contributed by atoms with Crippen LogP contribution in [0.4, 0.5) is 8.78 Å². The minimum Gasteiger partial charge on any atom is -0.496 e. The maximum atomic E-state index is 14.0. The lowest BCUT2D eigenvalue weighted by molar-refractivity contribution is -0.124. The van der Waals surface area contributed by atoms with E-state index in [9.17, 15) is 28.7 Å². The number of rotatable bonds is 9. The number of aromatic amines is 1. The number of hydrogen-bond acceptors (Lipinski definition) is 6. The van der Waals surface area contributed by atoms with Gasteiger partial charge in [0, 0.05) is 28.7 Å². The van der Waals surface area contributed by atoms with Gasteiger partial charge in [0.05, 0.1) is 13.2 Å². The van der Waals surface area contributed by atoms with Crippen LogP contribution < -0.4 is 20.7 Å². The van der Waals surface area contributed by atoms with E-state index < -0.39 is 41.5 Å². The fraction of sp³-hybridized carbons (Fsp3) is 0.560. The van der Waals surface area contributed by atoms with E-state index in [2.05, 4.69) is 20.9 Å². The van der Waals surface area contributed by atoms with Crippen LogP contribution in [-0.2, 0) is 4.79 Å². The molecule has 5 unspecified atom stereocenters. The molecule has 36 heavy (non-hydrogen) atoms. The van der Waals surface area contributed by atoms with Crippen LogP contribution in [0.1, 0.15) is 49.5 Å². The van der Waals surface area contributed by atoms with Crippen LogP contribution in [0.25, 0.3) is 10.9 Å². The first-order valence-corrected chi connectivity index (χ1v) is 12.0. The Morgan fingerprint density at radius 3 is 2.75 bits per heavy atom. The lowest BCUT2D eigenvalue weighted by Gasteiger charge is -2.30. The molecule has 1 aliphatic heterocycles. The first-order chi connectivity index (χ1) is 17.1. The summed E-state index contributed by atoms with van der Waals surface area (Å²) in [6.07, 6.45) is 0.264. The number of alkyl halides is 2. The van der Waals surface area contributed by atoms with Gasteiger partial charge in [-0.2, -0.15) is 5.26 Å². The number of H-pyrrole nitrogens is 1. The van der Waals surface area contributed by atoms with Gasteiger partial charge in [-0.05, 0) is 50.4 Å². The molecule has 9 nitrogen and oxygen atoms in total.